The molecule has 2 nitrogen and oxygen atoms in total. The third-order valence-electron chi connectivity index (χ3n) is 9.96. The molecule has 1 heterocycles. The van der Waals surface area contributed by atoms with Gasteiger partial charge in [-0.25, -0.2) is 4.98 Å². The van der Waals surface area contributed by atoms with Crippen LogP contribution in [0.25, 0.3) is 93.5 Å². The summed E-state index contributed by atoms with van der Waals surface area (Å²) in [6.07, 6.45) is 0. The monoisotopic (exact) mass is 622 g/mol. The van der Waals surface area contributed by atoms with Crippen molar-refractivity contribution in [2.45, 2.75) is 0 Å². The van der Waals surface area contributed by atoms with Crippen LogP contribution in [0.5, 0.6) is 0 Å². The quantitative estimate of drug-likeness (QED) is 0.179. The Kier molecular flexibility index (Phi) is 6.22. The fraction of sp³-hybridized carbons (Fsp3) is 0. The van der Waals surface area contributed by atoms with E-state index in [-0.39, 0.29) is 0 Å². The largest absolute Gasteiger partial charge is 0.292 e. The summed E-state index contributed by atoms with van der Waals surface area (Å²) in [6, 6.07) is 65.6. The summed E-state index contributed by atoms with van der Waals surface area (Å²) in [5.74, 6) is 0.935. The number of aromatic nitrogens is 2. The van der Waals surface area contributed by atoms with E-state index in [0.29, 0.717) is 0 Å². The van der Waals surface area contributed by atoms with E-state index in [1.54, 1.807) is 0 Å². The van der Waals surface area contributed by atoms with Gasteiger partial charge >= 0.3 is 0 Å². The molecule has 10 rings (SSSR count). The molecular formula is C47H30N2. The molecule has 0 aliphatic carbocycles. The van der Waals surface area contributed by atoms with Gasteiger partial charge in [-0.1, -0.05) is 164 Å². The lowest BCUT2D eigenvalue weighted by atomic mass is 9.83. The molecule has 2 heteroatoms. The fourth-order valence-corrected chi connectivity index (χ4v) is 7.90. The minimum atomic E-state index is 0.935. The molecule has 0 saturated heterocycles. The first-order chi connectivity index (χ1) is 24.3. The van der Waals surface area contributed by atoms with Crippen molar-refractivity contribution < 1.29 is 0 Å². The van der Waals surface area contributed by atoms with E-state index >= 15 is 0 Å². The van der Waals surface area contributed by atoms with Crippen molar-refractivity contribution in [3.05, 3.63) is 182 Å². The average molecular weight is 623 g/mol. The molecule has 228 valence electrons. The molecule has 9 aromatic carbocycles. The summed E-state index contributed by atoms with van der Waals surface area (Å²) in [7, 11) is 0. The molecule has 0 unspecified atom stereocenters. The summed E-state index contributed by atoms with van der Waals surface area (Å²) in [6.45, 7) is 0. The number of hydrogen-bond donors (Lipinski definition) is 0. The molecule has 0 aliphatic heterocycles. The number of para-hydroxylation sites is 1. The number of fused-ring (bicyclic) bond motifs is 6. The Labute approximate surface area is 284 Å². The van der Waals surface area contributed by atoms with Gasteiger partial charge in [-0.2, -0.15) is 0 Å². The number of imidazole rings is 1. The molecule has 0 saturated carbocycles. The molecule has 1 aromatic heterocycles. The predicted octanol–water partition coefficient (Wildman–Crippen LogP) is 12.6. The average Bonchev–Trinajstić information content (AvgIpc) is 3.57. The summed E-state index contributed by atoms with van der Waals surface area (Å²) < 4.78 is 2.33. The molecule has 10 aromatic rings. The highest BCUT2D eigenvalue weighted by Gasteiger charge is 2.23. The number of hydrogen-bond acceptors (Lipinski definition) is 1. The number of rotatable bonds is 4. The third-order valence-corrected chi connectivity index (χ3v) is 9.96. The van der Waals surface area contributed by atoms with Gasteiger partial charge in [0.15, 0.2) is 0 Å². The second-order valence-electron chi connectivity index (χ2n) is 12.7. The van der Waals surface area contributed by atoms with E-state index in [4.69, 9.17) is 4.98 Å². The maximum atomic E-state index is 5.42. The van der Waals surface area contributed by atoms with Crippen molar-refractivity contribution in [3.63, 3.8) is 0 Å². The Morgan fingerprint density at radius 2 is 0.857 bits per heavy atom. The first-order valence-corrected chi connectivity index (χ1v) is 16.8. The van der Waals surface area contributed by atoms with Gasteiger partial charge in [-0.3, -0.25) is 4.57 Å². The van der Waals surface area contributed by atoms with E-state index in [0.717, 1.165) is 28.1 Å². The lowest BCUT2D eigenvalue weighted by molar-refractivity contribution is 1.11. The Morgan fingerprint density at radius 1 is 0.367 bits per heavy atom. The molecule has 0 aliphatic rings. The van der Waals surface area contributed by atoms with Gasteiger partial charge in [0.1, 0.15) is 5.82 Å². The normalized spacial score (nSPS) is 11.7. The highest BCUT2D eigenvalue weighted by molar-refractivity contribution is 6.26. The van der Waals surface area contributed by atoms with Crippen LogP contribution in [0.3, 0.4) is 0 Å². The molecule has 0 fully saturated rings. The van der Waals surface area contributed by atoms with Crippen LogP contribution < -0.4 is 0 Å². The van der Waals surface area contributed by atoms with Crippen LogP contribution in [0.15, 0.2) is 182 Å². The zero-order chi connectivity index (χ0) is 32.3. The SMILES string of the molecule is c1ccc(-c2nc3cc(-c4c5ccccc5c(-c5cccc6ccccc56)c5ccccc45)c4ccccc4c3n2-c2ccccc2)cc1. The number of nitrogens with zero attached hydrogens (tertiary/aromatic N) is 2. The fourth-order valence-electron chi connectivity index (χ4n) is 7.90. The molecule has 0 N–H and O–H groups in total. The van der Waals surface area contributed by atoms with Crippen LogP contribution in [0.4, 0.5) is 0 Å². The Balaban J connectivity index is 1.36. The van der Waals surface area contributed by atoms with Crippen molar-refractivity contribution in [3.8, 4) is 39.3 Å². The number of benzene rings is 9. The predicted molar refractivity (Wildman–Crippen MR) is 207 cm³/mol. The smallest absolute Gasteiger partial charge is 0.145 e. The lowest BCUT2D eigenvalue weighted by Crippen LogP contribution is -1.98. The lowest BCUT2D eigenvalue weighted by Gasteiger charge is -2.20. The zero-order valence-corrected chi connectivity index (χ0v) is 26.7. The summed E-state index contributed by atoms with van der Waals surface area (Å²) in [5, 5.41) is 9.86. The molecule has 0 radical (unpaired) electrons. The van der Waals surface area contributed by atoms with Gasteiger partial charge in [0.25, 0.3) is 0 Å². The maximum Gasteiger partial charge on any atom is 0.145 e. The first-order valence-electron chi connectivity index (χ1n) is 16.8. The summed E-state index contributed by atoms with van der Waals surface area (Å²) in [4.78, 5) is 5.42. The van der Waals surface area contributed by atoms with Crippen LogP contribution in [0.1, 0.15) is 0 Å². The molecule has 0 atom stereocenters. The second-order valence-corrected chi connectivity index (χ2v) is 12.7. The molecular weight excluding hydrogens is 593 g/mol. The zero-order valence-electron chi connectivity index (χ0n) is 26.7. The van der Waals surface area contributed by atoms with E-state index in [1.807, 2.05) is 0 Å². The summed E-state index contributed by atoms with van der Waals surface area (Å²) >= 11 is 0. The Hall–Kier alpha value is -6.51. The molecule has 0 spiro atoms. The first kappa shape index (κ1) is 27.6. The van der Waals surface area contributed by atoms with Crippen molar-refractivity contribution in [1.82, 2.24) is 9.55 Å². The van der Waals surface area contributed by atoms with Crippen LogP contribution in [0.2, 0.25) is 0 Å². The Bertz CT molecular complexity index is 2800. The van der Waals surface area contributed by atoms with Crippen molar-refractivity contribution in [2.24, 2.45) is 0 Å². The van der Waals surface area contributed by atoms with Gasteiger partial charge in [-0.15, -0.1) is 0 Å². The maximum absolute atomic E-state index is 5.42. The van der Waals surface area contributed by atoms with Crippen molar-refractivity contribution in [1.29, 1.82) is 0 Å². The highest BCUT2D eigenvalue weighted by Crippen LogP contribution is 2.48. The van der Waals surface area contributed by atoms with E-state index in [1.165, 1.54) is 65.3 Å². The van der Waals surface area contributed by atoms with Gasteiger partial charge < -0.3 is 0 Å². The highest BCUT2D eigenvalue weighted by atomic mass is 15.1. The van der Waals surface area contributed by atoms with E-state index in [2.05, 4.69) is 187 Å². The minimum Gasteiger partial charge on any atom is -0.292 e. The van der Waals surface area contributed by atoms with Crippen LogP contribution >= 0.6 is 0 Å². The van der Waals surface area contributed by atoms with Gasteiger partial charge in [0.05, 0.1) is 11.0 Å². The summed E-state index contributed by atoms with van der Waals surface area (Å²) in [5.41, 5.74) is 9.23. The van der Waals surface area contributed by atoms with E-state index < -0.39 is 0 Å². The topological polar surface area (TPSA) is 17.8 Å². The molecule has 0 bridgehead atoms. The standard InChI is InChI=1S/C47H30N2/c1-3-17-32(18-4-1)47-48-43-30-42(35-23-9-14-28-41(35)46(43)49(47)33-20-5-2-6-21-33)45-39-26-12-10-24-37(39)44(38-25-11-13-27-40(38)45)36-29-15-19-31-16-7-8-22-34(31)36/h1-30H. The van der Waals surface area contributed by atoms with Crippen LogP contribution in [0, 0.1) is 0 Å². The van der Waals surface area contributed by atoms with Crippen LogP contribution in [-0.4, -0.2) is 9.55 Å². The van der Waals surface area contributed by atoms with Crippen molar-refractivity contribution >= 4 is 54.1 Å². The van der Waals surface area contributed by atoms with Gasteiger partial charge in [0.2, 0.25) is 0 Å². The minimum absolute atomic E-state index is 0.935. The van der Waals surface area contributed by atoms with Gasteiger partial charge in [0, 0.05) is 16.6 Å². The Morgan fingerprint density at radius 3 is 1.51 bits per heavy atom. The van der Waals surface area contributed by atoms with Crippen molar-refractivity contribution in [2.75, 3.05) is 0 Å². The second kappa shape index (κ2) is 11.0. The molecule has 0 amide bonds. The third kappa shape index (κ3) is 4.24. The van der Waals surface area contributed by atoms with Crippen LogP contribution in [-0.2, 0) is 0 Å². The van der Waals surface area contributed by atoms with E-state index in [9.17, 15) is 0 Å². The molecule has 49 heavy (non-hydrogen) atoms. The van der Waals surface area contributed by atoms with Gasteiger partial charge in [-0.05, 0) is 78.2 Å².